The molecule has 1 fully saturated rings. The first-order valence-electron chi connectivity index (χ1n) is 10.6. The number of benzene rings is 2. The molecule has 0 spiro atoms. The molecule has 0 aliphatic carbocycles. The molecule has 1 aromatic heterocycles. The molecule has 0 bridgehead atoms. The van der Waals surface area contributed by atoms with Crippen LogP contribution in [0.15, 0.2) is 53.3 Å². The van der Waals surface area contributed by atoms with Gasteiger partial charge < -0.3 is 14.2 Å². The van der Waals surface area contributed by atoms with Crippen LogP contribution in [0, 0.1) is 6.92 Å². The predicted molar refractivity (Wildman–Crippen MR) is 120 cm³/mol. The molecule has 0 unspecified atom stereocenters. The quantitative estimate of drug-likeness (QED) is 0.606. The van der Waals surface area contributed by atoms with Gasteiger partial charge in [-0.3, -0.25) is 9.59 Å². The van der Waals surface area contributed by atoms with Gasteiger partial charge in [0.05, 0.1) is 0 Å². The average Bonchev–Trinajstić information content (AvgIpc) is 2.80. The zero-order valence-electron chi connectivity index (χ0n) is 17.9. The Morgan fingerprint density at radius 3 is 2.26 bits per heavy atom. The highest BCUT2D eigenvalue weighted by molar-refractivity contribution is 6.07. The molecular weight excluding hydrogens is 392 g/mol. The summed E-state index contributed by atoms with van der Waals surface area (Å²) in [5, 5.41) is 1.21. The summed E-state index contributed by atoms with van der Waals surface area (Å²) >= 11 is 0. The van der Waals surface area contributed by atoms with Gasteiger partial charge in [-0.05, 0) is 43.2 Å². The minimum Gasteiger partial charge on any atom is -0.451 e. The van der Waals surface area contributed by atoms with E-state index in [1.165, 1.54) is 4.57 Å². The summed E-state index contributed by atoms with van der Waals surface area (Å²) in [5.41, 5.74) is 2.41. The molecule has 2 aromatic carbocycles. The topological polar surface area (TPSA) is 68.6 Å². The van der Waals surface area contributed by atoms with Crippen LogP contribution in [0.1, 0.15) is 35.3 Å². The lowest BCUT2D eigenvalue weighted by molar-refractivity contribution is -0.135. The number of aromatic nitrogens is 1. The Kier molecular flexibility index (Phi) is 5.89. The van der Waals surface area contributed by atoms with Gasteiger partial charge in [0.2, 0.25) is 0 Å². The van der Waals surface area contributed by atoms with Crippen molar-refractivity contribution in [2.24, 2.45) is 7.05 Å². The highest BCUT2D eigenvalue weighted by Gasteiger charge is 2.25. The number of amides is 1. The van der Waals surface area contributed by atoms with Gasteiger partial charge >= 0.3 is 5.97 Å². The maximum atomic E-state index is 13.2. The molecule has 0 atom stereocenters. The summed E-state index contributed by atoms with van der Waals surface area (Å²) < 4.78 is 6.75. The number of hydrogen-bond acceptors (Lipinski definition) is 4. The van der Waals surface area contributed by atoms with E-state index in [2.05, 4.69) is 0 Å². The van der Waals surface area contributed by atoms with Crippen LogP contribution in [0.3, 0.4) is 0 Å². The number of carbonyl (C=O) groups is 2. The Balaban J connectivity index is 1.75. The first kappa shape index (κ1) is 20.8. The molecule has 6 heteroatoms. The number of esters is 1. The largest absolute Gasteiger partial charge is 0.451 e. The summed E-state index contributed by atoms with van der Waals surface area (Å²) in [7, 11) is 1.56. The molecular formula is C25H26N2O4. The van der Waals surface area contributed by atoms with Gasteiger partial charge in [0.15, 0.2) is 6.61 Å². The third-order valence-electron chi connectivity index (χ3n) is 5.87. The van der Waals surface area contributed by atoms with Crippen molar-refractivity contribution in [3.05, 3.63) is 70.1 Å². The van der Waals surface area contributed by atoms with E-state index in [0.29, 0.717) is 29.4 Å². The number of hydrogen-bond donors (Lipinski definition) is 0. The maximum absolute atomic E-state index is 13.2. The number of pyridine rings is 1. The van der Waals surface area contributed by atoms with Gasteiger partial charge in [-0.1, -0.05) is 48.0 Å². The summed E-state index contributed by atoms with van der Waals surface area (Å²) in [4.78, 5) is 40.3. The monoisotopic (exact) mass is 418 g/mol. The Hall–Kier alpha value is -3.41. The Morgan fingerprint density at radius 2 is 1.58 bits per heavy atom. The van der Waals surface area contributed by atoms with Crippen LogP contribution in [0.25, 0.3) is 21.9 Å². The van der Waals surface area contributed by atoms with Crippen LogP contribution in [0.2, 0.25) is 0 Å². The van der Waals surface area contributed by atoms with E-state index < -0.39 is 5.97 Å². The molecule has 3 aromatic rings. The second-order valence-electron chi connectivity index (χ2n) is 8.02. The lowest BCUT2D eigenvalue weighted by Crippen LogP contribution is -2.38. The highest BCUT2D eigenvalue weighted by Crippen LogP contribution is 2.31. The van der Waals surface area contributed by atoms with Crippen molar-refractivity contribution in [2.45, 2.75) is 26.2 Å². The molecule has 4 rings (SSSR count). The van der Waals surface area contributed by atoms with E-state index in [1.54, 1.807) is 24.1 Å². The second-order valence-corrected chi connectivity index (χ2v) is 8.02. The van der Waals surface area contributed by atoms with Gasteiger partial charge in [-0.25, -0.2) is 4.79 Å². The van der Waals surface area contributed by atoms with E-state index in [1.807, 2.05) is 43.3 Å². The van der Waals surface area contributed by atoms with Crippen LogP contribution in [0.4, 0.5) is 0 Å². The summed E-state index contributed by atoms with van der Waals surface area (Å²) in [6, 6.07) is 15.0. The van der Waals surface area contributed by atoms with Crippen LogP contribution < -0.4 is 5.56 Å². The number of carbonyl (C=O) groups excluding carboxylic acids is 2. The fourth-order valence-electron chi connectivity index (χ4n) is 4.15. The molecule has 0 N–H and O–H groups in total. The lowest BCUT2D eigenvalue weighted by Gasteiger charge is -2.26. The number of aryl methyl sites for hydroxylation is 1. The Labute approximate surface area is 181 Å². The van der Waals surface area contributed by atoms with E-state index in [9.17, 15) is 14.4 Å². The first-order valence-corrected chi connectivity index (χ1v) is 10.6. The molecule has 2 heterocycles. The first-order chi connectivity index (χ1) is 15.0. The van der Waals surface area contributed by atoms with Crippen LogP contribution >= 0.6 is 0 Å². The van der Waals surface area contributed by atoms with Crippen molar-refractivity contribution in [3.8, 4) is 11.1 Å². The number of piperidine rings is 1. The van der Waals surface area contributed by atoms with E-state index in [0.717, 1.165) is 30.4 Å². The molecule has 1 saturated heterocycles. The molecule has 0 saturated carbocycles. The van der Waals surface area contributed by atoms with Gasteiger partial charge in [0.25, 0.3) is 11.5 Å². The Morgan fingerprint density at radius 1 is 0.935 bits per heavy atom. The highest BCUT2D eigenvalue weighted by atomic mass is 16.5. The molecule has 1 aliphatic heterocycles. The van der Waals surface area contributed by atoms with Gasteiger partial charge in [0, 0.05) is 31.1 Å². The summed E-state index contributed by atoms with van der Waals surface area (Å²) in [5.74, 6) is -0.873. The van der Waals surface area contributed by atoms with Crippen molar-refractivity contribution in [3.63, 3.8) is 0 Å². The van der Waals surface area contributed by atoms with Crippen LogP contribution in [0.5, 0.6) is 0 Å². The molecule has 0 radical (unpaired) electrons. The standard InChI is InChI=1S/C25H26N2O4/c1-17-10-12-18(13-11-17)22-19-8-4-5-9-20(19)24(29)26(2)23(22)25(30)31-16-21(28)27-14-6-3-7-15-27/h4-5,8-13H,3,6-7,14-16H2,1-2H3. The minimum atomic E-state index is -0.675. The van der Waals surface area contributed by atoms with Gasteiger partial charge in [-0.2, -0.15) is 0 Å². The van der Waals surface area contributed by atoms with Gasteiger partial charge in [-0.15, -0.1) is 0 Å². The third-order valence-corrected chi connectivity index (χ3v) is 5.87. The molecule has 6 nitrogen and oxygen atoms in total. The lowest BCUT2D eigenvalue weighted by atomic mass is 9.96. The molecule has 31 heavy (non-hydrogen) atoms. The van der Waals surface area contributed by atoms with E-state index >= 15 is 0 Å². The smallest absolute Gasteiger partial charge is 0.356 e. The van der Waals surface area contributed by atoms with Crippen LogP contribution in [-0.4, -0.2) is 41.0 Å². The molecule has 1 aliphatic rings. The zero-order valence-corrected chi connectivity index (χ0v) is 17.9. The molecule has 160 valence electrons. The Bertz CT molecular complexity index is 1190. The maximum Gasteiger partial charge on any atom is 0.356 e. The van der Waals surface area contributed by atoms with E-state index in [-0.39, 0.29) is 23.8 Å². The zero-order chi connectivity index (χ0) is 22.0. The summed E-state index contributed by atoms with van der Waals surface area (Å²) in [6.45, 7) is 3.05. The fraction of sp³-hybridized carbons (Fsp3) is 0.320. The van der Waals surface area contributed by atoms with E-state index in [4.69, 9.17) is 4.74 Å². The number of fused-ring (bicyclic) bond motifs is 1. The summed E-state index contributed by atoms with van der Waals surface area (Å²) in [6.07, 6.45) is 3.05. The normalized spacial score (nSPS) is 13.9. The number of rotatable bonds is 4. The van der Waals surface area contributed by atoms with Crippen molar-refractivity contribution in [2.75, 3.05) is 19.7 Å². The molecule has 1 amide bonds. The number of nitrogens with zero attached hydrogens (tertiary/aromatic N) is 2. The minimum absolute atomic E-state index is 0.152. The van der Waals surface area contributed by atoms with Crippen molar-refractivity contribution < 1.29 is 14.3 Å². The average molecular weight is 418 g/mol. The number of likely N-dealkylation sites (tertiary alicyclic amines) is 1. The predicted octanol–water partition coefficient (Wildman–Crippen LogP) is 3.68. The number of ether oxygens (including phenoxy) is 1. The van der Waals surface area contributed by atoms with Crippen molar-refractivity contribution >= 4 is 22.6 Å². The fourth-order valence-corrected chi connectivity index (χ4v) is 4.15. The second kappa shape index (κ2) is 8.76. The van der Waals surface area contributed by atoms with Crippen molar-refractivity contribution in [1.82, 2.24) is 9.47 Å². The SMILES string of the molecule is Cc1ccc(-c2c(C(=O)OCC(=O)N3CCCCC3)n(C)c(=O)c3ccccc23)cc1. The van der Waals surface area contributed by atoms with Crippen LogP contribution in [-0.2, 0) is 16.6 Å². The third kappa shape index (κ3) is 4.10. The van der Waals surface area contributed by atoms with Gasteiger partial charge in [0.1, 0.15) is 5.69 Å². The van der Waals surface area contributed by atoms with Crippen molar-refractivity contribution in [1.29, 1.82) is 0 Å².